The van der Waals surface area contributed by atoms with Crippen LogP contribution in [0.15, 0.2) is 42.5 Å². The summed E-state index contributed by atoms with van der Waals surface area (Å²) in [6.07, 6.45) is -0.593. The van der Waals surface area contributed by atoms with Gasteiger partial charge in [-0.15, -0.1) is 0 Å². The number of halogens is 1. The van der Waals surface area contributed by atoms with E-state index in [1.54, 1.807) is 19.1 Å². The van der Waals surface area contributed by atoms with Gasteiger partial charge in [-0.05, 0) is 56.7 Å². The lowest BCUT2D eigenvalue weighted by Gasteiger charge is -2.15. The van der Waals surface area contributed by atoms with Crippen LogP contribution in [0.25, 0.3) is 0 Å². The molecule has 0 saturated heterocycles. The van der Waals surface area contributed by atoms with Crippen LogP contribution in [0.4, 0.5) is 0 Å². The van der Waals surface area contributed by atoms with Crippen molar-refractivity contribution in [3.8, 4) is 11.5 Å². The normalized spacial score (nSPS) is 11.7. The average molecular weight is 348 g/mol. The van der Waals surface area contributed by atoms with Crippen molar-refractivity contribution in [2.75, 3.05) is 13.2 Å². The Hall–Kier alpha value is -2.20. The fourth-order valence-corrected chi connectivity index (χ4v) is 2.19. The Balaban J connectivity index is 1.73. The maximum Gasteiger partial charge on any atom is 0.260 e. The molecule has 0 bridgehead atoms. The molecule has 1 N–H and O–H groups in total. The van der Waals surface area contributed by atoms with Crippen molar-refractivity contribution in [1.82, 2.24) is 5.32 Å². The minimum absolute atomic E-state index is 0.185. The smallest absolute Gasteiger partial charge is 0.260 e. The zero-order valence-corrected chi connectivity index (χ0v) is 14.9. The Kier molecular flexibility index (Phi) is 6.50. The summed E-state index contributed by atoms with van der Waals surface area (Å²) in [5.74, 6) is 1.22. The van der Waals surface area contributed by atoms with Gasteiger partial charge >= 0.3 is 0 Å². The average Bonchev–Trinajstić information content (AvgIpc) is 2.56. The number of aryl methyl sites for hydroxylation is 2. The van der Waals surface area contributed by atoms with Crippen LogP contribution in [-0.4, -0.2) is 25.2 Å². The summed E-state index contributed by atoms with van der Waals surface area (Å²) < 4.78 is 11.2. The molecule has 0 heterocycles. The molecule has 0 aliphatic carbocycles. The standard InChI is InChI=1S/C19H22ClNO3/c1-13-4-6-16(7-5-13)23-11-10-21-19(22)15(3)24-17-8-9-18(20)14(2)12-17/h4-9,12,15H,10-11H2,1-3H3,(H,21,22)/t15-/m0/s1. The lowest BCUT2D eigenvalue weighted by Crippen LogP contribution is -2.38. The van der Waals surface area contributed by atoms with E-state index in [1.807, 2.05) is 44.2 Å². The maximum absolute atomic E-state index is 12.0. The molecule has 4 nitrogen and oxygen atoms in total. The van der Waals surface area contributed by atoms with Crippen molar-refractivity contribution >= 4 is 17.5 Å². The highest BCUT2D eigenvalue weighted by molar-refractivity contribution is 6.31. The van der Waals surface area contributed by atoms with E-state index in [-0.39, 0.29) is 5.91 Å². The van der Waals surface area contributed by atoms with E-state index in [2.05, 4.69) is 5.32 Å². The molecule has 5 heteroatoms. The van der Waals surface area contributed by atoms with Gasteiger partial charge in [-0.2, -0.15) is 0 Å². The van der Waals surface area contributed by atoms with Gasteiger partial charge in [0.1, 0.15) is 18.1 Å². The molecular formula is C19H22ClNO3. The highest BCUT2D eigenvalue weighted by atomic mass is 35.5. The Morgan fingerprint density at radius 2 is 1.79 bits per heavy atom. The molecule has 0 fully saturated rings. The Labute approximate surface area is 147 Å². The second-order valence-corrected chi connectivity index (χ2v) is 6.03. The van der Waals surface area contributed by atoms with Gasteiger partial charge in [0.2, 0.25) is 0 Å². The van der Waals surface area contributed by atoms with Gasteiger partial charge in [0.15, 0.2) is 6.10 Å². The predicted octanol–water partition coefficient (Wildman–Crippen LogP) is 3.92. The van der Waals surface area contributed by atoms with Gasteiger partial charge in [0.05, 0.1) is 6.54 Å². The zero-order chi connectivity index (χ0) is 17.5. The molecule has 0 radical (unpaired) electrons. The molecule has 2 rings (SSSR count). The van der Waals surface area contributed by atoms with E-state index in [4.69, 9.17) is 21.1 Å². The highest BCUT2D eigenvalue weighted by Gasteiger charge is 2.14. The summed E-state index contributed by atoms with van der Waals surface area (Å²) >= 11 is 5.97. The van der Waals surface area contributed by atoms with Crippen LogP contribution in [0, 0.1) is 13.8 Å². The van der Waals surface area contributed by atoms with Crippen LogP contribution < -0.4 is 14.8 Å². The van der Waals surface area contributed by atoms with E-state index >= 15 is 0 Å². The second-order valence-electron chi connectivity index (χ2n) is 5.62. The predicted molar refractivity (Wildman–Crippen MR) is 96.0 cm³/mol. The van der Waals surface area contributed by atoms with Crippen molar-refractivity contribution in [3.05, 3.63) is 58.6 Å². The summed E-state index contributed by atoms with van der Waals surface area (Å²) in [5.41, 5.74) is 2.09. The van der Waals surface area contributed by atoms with Crippen molar-refractivity contribution in [2.45, 2.75) is 26.9 Å². The summed E-state index contributed by atoms with van der Waals surface area (Å²) in [6, 6.07) is 13.1. The SMILES string of the molecule is Cc1ccc(OCCNC(=O)[C@H](C)Oc2ccc(Cl)c(C)c2)cc1. The van der Waals surface area contributed by atoms with Gasteiger partial charge in [0, 0.05) is 5.02 Å². The lowest BCUT2D eigenvalue weighted by molar-refractivity contribution is -0.127. The number of carbonyl (C=O) groups excluding carboxylic acids is 1. The summed E-state index contributed by atoms with van der Waals surface area (Å²) in [6.45, 7) is 6.44. The van der Waals surface area contributed by atoms with Crippen molar-refractivity contribution in [1.29, 1.82) is 0 Å². The third-order valence-electron chi connectivity index (χ3n) is 3.50. The third kappa shape index (κ3) is 5.46. The Bertz CT molecular complexity index is 686. The topological polar surface area (TPSA) is 47.6 Å². The van der Waals surface area contributed by atoms with Crippen LogP contribution in [0.2, 0.25) is 5.02 Å². The van der Waals surface area contributed by atoms with Crippen molar-refractivity contribution in [3.63, 3.8) is 0 Å². The molecule has 0 aromatic heterocycles. The van der Waals surface area contributed by atoms with Gasteiger partial charge in [-0.1, -0.05) is 29.3 Å². The fraction of sp³-hybridized carbons (Fsp3) is 0.316. The van der Waals surface area contributed by atoms with Crippen LogP contribution in [-0.2, 0) is 4.79 Å². The molecule has 24 heavy (non-hydrogen) atoms. The Morgan fingerprint density at radius 1 is 1.12 bits per heavy atom. The van der Waals surface area contributed by atoms with E-state index < -0.39 is 6.10 Å². The molecule has 1 amide bonds. The number of hydrogen-bond acceptors (Lipinski definition) is 3. The number of ether oxygens (including phenoxy) is 2. The number of carbonyl (C=O) groups is 1. The minimum atomic E-state index is -0.593. The Morgan fingerprint density at radius 3 is 2.46 bits per heavy atom. The first-order valence-corrected chi connectivity index (χ1v) is 8.23. The molecule has 1 atom stereocenters. The van der Waals surface area contributed by atoms with Crippen molar-refractivity contribution < 1.29 is 14.3 Å². The number of benzene rings is 2. The highest BCUT2D eigenvalue weighted by Crippen LogP contribution is 2.21. The van der Waals surface area contributed by atoms with E-state index in [9.17, 15) is 4.79 Å². The first-order chi connectivity index (χ1) is 11.5. The van der Waals surface area contributed by atoms with Crippen molar-refractivity contribution in [2.24, 2.45) is 0 Å². The fourth-order valence-electron chi connectivity index (χ4n) is 2.07. The summed E-state index contributed by atoms with van der Waals surface area (Å²) in [5, 5.41) is 3.47. The summed E-state index contributed by atoms with van der Waals surface area (Å²) in [4.78, 5) is 12.0. The maximum atomic E-state index is 12.0. The number of amides is 1. The largest absolute Gasteiger partial charge is 0.492 e. The lowest BCUT2D eigenvalue weighted by atomic mass is 10.2. The van der Waals surface area contributed by atoms with Crippen LogP contribution in [0.5, 0.6) is 11.5 Å². The first kappa shape index (κ1) is 18.1. The van der Waals surface area contributed by atoms with Crippen LogP contribution in [0.3, 0.4) is 0 Å². The third-order valence-corrected chi connectivity index (χ3v) is 3.93. The second kappa shape index (κ2) is 8.60. The van der Waals surface area contributed by atoms with Gasteiger partial charge in [-0.3, -0.25) is 4.79 Å². The van der Waals surface area contributed by atoms with Gasteiger partial charge < -0.3 is 14.8 Å². The quantitative estimate of drug-likeness (QED) is 0.772. The molecule has 0 unspecified atom stereocenters. The summed E-state index contributed by atoms with van der Waals surface area (Å²) in [7, 11) is 0. The van der Waals surface area contributed by atoms with Crippen LogP contribution in [0.1, 0.15) is 18.1 Å². The molecule has 128 valence electrons. The number of rotatable bonds is 7. The zero-order valence-electron chi connectivity index (χ0n) is 14.1. The van der Waals surface area contributed by atoms with Gasteiger partial charge in [0.25, 0.3) is 5.91 Å². The molecule has 0 aliphatic rings. The van der Waals surface area contributed by atoms with E-state index in [0.717, 1.165) is 11.3 Å². The molecule has 2 aromatic carbocycles. The van der Waals surface area contributed by atoms with Crippen LogP contribution >= 0.6 is 11.6 Å². The van der Waals surface area contributed by atoms with E-state index in [0.29, 0.717) is 23.9 Å². The monoisotopic (exact) mass is 347 g/mol. The first-order valence-electron chi connectivity index (χ1n) is 7.85. The van der Waals surface area contributed by atoms with Gasteiger partial charge in [-0.25, -0.2) is 0 Å². The molecule has 0 aliphatic heterocycles. The number of hydrogen-bond donors (Lipinski definition) is 1. The number of nitrogens with one attached hydrogen (secondary N) is 1. The molecule has 0 saturated carbocycles. The molecule has 0 spiro atoms. The molecular weight excluding hydrogens is 326 g/mol. The minimum Gasteiger partial charge on any atom is -0.492 e. The molecule has 2 aromatic rings. The van der Waals surface area contributed by atoms with E-state index in [1.165, 1.54) is 5.56 Å².